The monoisotopic (exact) mass is 478 g/mol. The standard InChI is InChI=1S/C21H16Cl2N2O5S/c22-14-10-17(23)19-18(11-14)24-20(21(26)27)25(31(19,28)29)12-13-6-8-16(9-7-13)30-15-4-2-1-3-5-15/h1-11,20,24H,12H2,(H,26,27). The van der Waals surface area contributed by atoms with Crippen molar-refractivity contribution in [2.24, 2.45) is 0 Å². The summed E-state index contributed by atoms with van der Waals surface area (Å²) in [5.41, 5.74) is 0.623. The van der Waals surface area contributed by atoms with Gasteiger partial charge in [-0.25, -0.2) is 13.2 Å². The summed E-state index contributed by atoms with van der Waals surface area (Å²) >= 11 is 12.1. The van der Waals surface area contributed by atoms with Gasteiger partial charge in [0, 0.05) is 11.6 Å². The van der Waals surface area contributed by atoms with Gasteiger partial charge in [-0.3, -0.25) is 0 Å². The summed E-state index contributed by atoms with van der Waals surface area (Å²) < 4.78 is 33.0. The average Bonchev–Trinajstić information content (AvgIpc) is 2.71. The van der Waals surface area contributed by atoms with Crippen molar-refractivity contribution in [2.75, 3.05) is 5.32 Å². The van der Waals surface area contributed by atoms with Crippen molar-refractivity contribution in [3.05, 3.63) is 82.3 Å². The van der Waals surface area contributed by atoms with E-state index in [0.29, 0.717) is 17.1 Å². The van der Waals surface area contributed by atoms with Crippen LogP contribution in [0, 0.1) is 0 Å². The van der Waals surface area contributed by atoms with Gasteiger partial charge in [0.25, 0.3) is 0 Å². The number of carbonyl (C=O) groups is 1. The highest BCUT2D eigenvalue weighted by Crippen LogP contribution is 2.40. The van der Waals surface area contributed by atoms with Crippen molar-refractivity contribution in [3.63, 3.8) is 0 Å². The Balaban J connectivity index is 1.64. The van der Waals surface area contributed by atoms with Crippen LogP contribution in [0.4, 0.5) is 5.69 Å². The highest BCUT2D eigenvalue weighted by Gasteiger charge is 2.43. The Bertz CT molecular complexity index is 1230. The summed E-state index contributed by atoms with van der Waals surface area (Å²) in [6.45, 7) is -0.184. The number of fused-ring (bicyclic) bond motifs is 1. The third-order valence-electron chi connectivity index (χ3n) is 4.63. The summed E-state index contributed by atoms with van der Waals surface area (Å²) in [4.78, 5) is 11.6. The van der Waals surface area contributed by atoms with Gasteiger partial charge in [-0.1, -0.05) is 53.5 Å². The number of sulfonamides is 1. The van der Waals surface area contributed by atoms with Gasteiger partial charge in [0.2, 0.25) is 10.0 Å². The predicted octanol–water partition coefficient (Wildman–Crippen LogP) is 4.81. The Labute approximate surface area is 188 Å². The zero-order valence-electron chi connectivity index (χ0n) is 15.8. The smallest absolute Gasteiger partial charge is 0.342 e. The van der Waals surface area contributed by atoms with Crippen LogP contribution in [0.1, 0.15) is 5.56 Å². The number of nitrogens with zero attached hydrogens (tertiary/aromatic N) is 1. The first kappa shape index (κ1) is 21.5. The second kappa shape index (κ2) is 8.39. The van der Waals surface area contributed by atoms with Gasteiger partial charge < -0.3 is 15.2 Å². The number of benzene rings is 3. The maximum atomic E-state index is 13.2. The van der Waals surface area contributed by atoms with E-state index < -0.39 is 22.2 Å². The molecule has 1 atom stereocenters. The van der Waals surface area contributed by atoms with Crippen LogP contribution in [0.5, 0.6) is 11.5 Å². The molecule has 0 amide bonds. The molecule has 2 N–H and O–H groups in total. The van der Waals surface area contributed by atoms with Crippen LogP contribution >= 0.6 is 23.2 Å². The first-order chi connectivity index (χ1) is 14.8. The number of rotatable bonds is 5. The van der Waals surface area contributed by atoms with Gasteiger partial charge >= 0.3 is 5.97 Å². The molecular formula is C21H16Cl2N2O5S. The SMILES string of the molecule is O=C(O)C1Nc2cc(Cl)cc(Cl)c2S(=O)(=O)N1Cc1ccc(Oc2ccccc2)cc1. The molecular weight excluding hydrogens is 463 g/mol. The highest BCUT2D eigenvalue weighted by atomic mass is 35.5. The van der Waals surface area contributed by atoms with Crippen molar-refractivity contribution >= 4 is 44.9 Å². The highest BCUT2D eigenvalue weighted by molar-refractivity contribution is 7.89. The fraction of sp³-hybridized carbons (Fsp3) is 0.0952. The molecule has 10 heteroatoms. The third-order valence-corrected chi connectivity index (χ3v) is 7.17. The van der Waals surface area contributed by atoms with Crippen molar-refractivity contribution < 1.29 is 23.1 Å². The molecule has 31 heavy (non-hydrogen) atoms. The Hall–Kier alpha value is -2.78. The minimum Gasteiger partial charge on any atom is -0.479 e. The van der Waals surface area contributed by atoms with Crippen LogP contribution in [0.25, 0.3) is 0 Å². The van der Waals surface area contributed by atoms with Gasteiger partial charge in [0.05, 0.1) is 10.7 Å². The number of hydrogen-bond donors (Lipinski definition) is 2. The van der Waals surface area contributed by atoms with Gasteiger partial charge in [-0.2, -0.15) is 4.31 Å². The van der Waals surface area contributed by atoms with E-state index in [0.717, 1.165) is 4.31 Å². The van der Waals surface area contributed by atoms with E-state index in [1.165, 1.54) is 12.1 Å². The second-order valence-electron chi connectivity index (χ2n) is 6.76. The molecule has 0 fully saturated rings. The molecule has 1 aliphatic heterocycles. The van der Waals surface area contributed by atoms with Crippen molar-refractivity contribution in [1.29, 1.82) is 0 Å². The van der Waals surface area contributed by atoms with E-state index >= 15 is 0 Å². The summed E-state index contributed by atoms with van der Waals surface area (Å²) in [6.07, 6.45) is -1.52. The molecule has 0 aliphatic carbocycles. The Morgan fingerprint density at radius 1 is 1.03 bits per heavy atom. The lowest BCUT2D eigenvalue weighted by Crippen LogP contribution is -2.52. The van der Waals surface area contributed by atoms with Crippen LogP contribution in [-0.4, -0.2) is 30.0 Å². The molecule has 0 saturated heterocycles. The lowest BCUT2D eigenvalue weighted by atomic mass is 10.2. The molecule has 1 unspecified atom stereocenters. The largest absolute Gasteiger partial charge is 0.479 e. The molecule has 3 aromatic carbocycles. The maximum Gasteiger partial charge on any atom is 0.342 e. The molecule has 0 radical (unpaired) electrons. The molecule has 0 aromatic heterocycles. The van der Waals surface area contributed by atoms with Crippen LogP contribution < -0.4 is 10.1 Å². The Morgan fingerprint density at radius 3 is 2.32 bits per heavy atom. The number of para-hydroxylation sites is 1. The zero-order chi connectivity index (χ0) is 22.2. The van der Waals surface area contributed by atoms with Gasteiger partial charge in [-0.15, -0.1) is 0 Å². The predicted molar refractivity (Wildman–Crippen MR) is 117 cm³/mol. The fourth-order valence-corrected chi connectivity index (χ4v) is 5.69. The number of halogens is 2. The van der Waals surface area contributed by atoms with E-state index in [9.17, 15) is 18.3 Å². The molecule has 3 aromatic rings. The van der Waals surface area contributed by atoms with Crippen LogP contribution in [0.15, 0.2) is 71.6 Å². The maximum absolute atomic E-state index is 13.2. The molecule has 4 rings (SSSR count). The first-order valence-corrected chi connectivity index (χ1v) is 11.3. The number of ether oxygens (including phenoxy) is 1. The minimum absolute atomic E-state index is 0.0489. The van der Waals surface area contributed by atoms with Crippen molar-refractivity contribution in [3.8, 4) is 11.5 Å². The van der Waals surface area contributed by atoms with E-state index in [4.69, 9.17) is 27.9 Å². The molecule has 0 bridgehead atoms. The van der Waals surface area contributed by atoms with Gasteiger partial charge in [0.1, 0.15) is 16.4 Å². The normalized spacial score (nSPS) is 17.4. The Kier molecular flexibility index (Phi) is 5.81. The fourth-order valence-electron chi connectivity index (χ4n) is 3.23. The molecule has 1 aliphatic rings. The summed E-state index contributed by atoms with van der Waals surface area (Å²) in [7, 11) is -4.21. The average molecular weight is 479 g/mol. The van der Waals surface area contributed by atoms with E-state index in [2.05, 4.69) is 5.32 Å². The molecule has 7 nitrogen and oxygen atoms in total. The van der Waals surface area contributed by atoms with Crippen molar-refractivity contribution in [2.45, 2.75) is 17.6 Å². The van der Waals surface area contributed by atoms with E-state index in [-0.39, 0.29) is 27.2 Å². The topological polar surface area (TPSA) is 95.9 Å². The number of carboxylic acid groups (broad SMARTS) is 1. The number of nitrogens with one attached hydrogen (secondary N) is 1. The minimum atomic E-state index is -4.21. The summed E-state index contributed by atoms with van der Waals surface area (Å²) in [6, 6.07) is 18.5. The van der Waals surface area contributed by atoms with E-state index in [1.807, 2.05) is 30.3 Å². The number of anilines is 1. The first-order valence-electron chi connectivity index (χ1n) is 9.08. The Morgan fingerprint density at radius 2 is 1.68 bits per heavy atom. The van der Waals surface area contributed by atoms with Crippen molar-refractivity contribution in [1.82, 2.24) is 4.31 Å². The second-order valence-corrected chi connectivity index (χ2v) is 9.43. The third kappa shape index (κ3) is 4.33. The number of carboxylic acids is 1. The van der Waals surface area contributed by atoms with Crippen LogP contribution in [-0.2, 0) is 21.4 Å². The van der Waals surface area contributed by atoms with Gasteiger partial charge in [-0.05, 0) is 42.0 Å². The van der Waals surface area contributed by atoms with Crippen LogP contribution in [0.3, 0.4) is 0 Å². The lowest BCUT2D eigenvalue weighted by molar-refractivity contribution is -0.140. The molecule has 1 heterocycles. The number of hydrogen-bond acceptors (Lipinski definition) is 5. The van der Waals surface area contributed by atoms with Gasteiger partial charge in [0.15, 0.2) is 6.17 Å². The van der Waals surface area contributed by atoms with E-state index in [1.54, 1.807) is 24.3 Å². The molecule has 160 valence electrons. The lowest BCUT2D eigenvalue weighted by Gasteiger charge is -2.35. The quantitative estimate of drug-likeness (QED) is 0.545. The molecule has 0 saturated carbocycles. The summed E-state index contributed by atoms with van der Waals surface area (Å²) in [5.74, 6) is -0.129. The number of aliphatic carboxylic acids is 1. The molecule has 0 spiro atoms. The zero-order valence-corrected chi connectivity index (χ0v) is 18.2. The van der Waals surface area contributed by atoms with Crippen LogP contribution in [0.2, 0.25) is 10.0 Å². The summed E-state index contributed by atoms with van der Waals surface area (Å²) in [5, 5.41) is 12.4.